The highest BCUT2D eigenvalue weighted by molar-refractivity contribution is 9.10. The predicted molar refractivity (Wildman–Crippen MR) is 75.7 cm³/mol. The average Bonchev–Trinajstić information content (AvgIpc) is 2.84. The number of anilines is 1. The summed E-state index contributed by atoms with van der Waals surface area (Å²) in [4.78, 5) is 0. The van der Waals surface area contributed by atoms with E-state index in [0.717, 1.165) is 0 Å². The molecule has 6 heteroatoms. The Hall–Kier alpha value is -1.95. The maximum absolute atomic E-state index is 13.7. The van der Waals surface area contributed by atoms with Crippen molar-refractivity contribution in [3.05, 3.63) is 46.2 Å². The summed E-state index contributed by atoms with van der Waals surface area (Å²) in [5.41, 5.74) is 0.974. The fourth-order valence-electron chi connectivity index (χ4n) is 1.94. The van der Waals surface area contributed by atoms with Gasteiger partial charge < -0.3 is 19.9 Å². The molecule has 0 amide bonds. The maximum Gasteiger partial charge on any atom is 0.231 e. The van der Waals surface area contributed by atoms with E-state index in [1.54, 1.807) is 18.2 Å². The fraction of sp³-hybridized carbons (Fsp3) is 0.143. The molecular formula is C14H11BrFNO3. The highest BCUT2D eigenvalue weighted by Gasteiger charge is 2.17. The summed E-state index contributed by atoms with van der Waals surface area (Å²) in [5, 5.41) is 12.8. The van der Waals surface area contributed by atoms with Gasteiger partial charge in [-0.1, -0.05) is 15.9 Å². The van der Waals surface area contributed by atoms with Gasteiger partial charge in [-0.15, -0.1) is 0 Å². The van der Waals surface area contributed by atoms with E-state index in [0.29, 0.717) is 27.2 Å². The van der Waals surface area contributed by atoms with Crippen molar-refractivity contribution < 1.29 is 19.0 Å². The number of phenols is 1. The lowest BCUT2D eigenvalue weighted by atomic mass is 10.1. The summed E-state index contributed by atoms with van der Waals surface area (Å²) in [5.74, 6) is 0.816. The molecule has 2 N–H and O–H groups in total. The molecule has 104 valence electrons. The Morgan fingerprint density at radius 3 is 2.70 bits per heavy atom. The third-order valence-electron chi connectivity index (χ3n) is 2.97. The largest absolute Gasteiger partial charge is 0.507 e. The maximum atomic E-state index is 13.7. The van der Waals surface area contributed by atoms with Crippen LogP contribution in [0.5, 0.6) is 17.2 Å². The zero-order valence-electron chi connectivity index (χ0n) is 10.3. The van der Waals surface area contributed by atoms with Crippen LogP contribution < -0.4 is 14.8 Å². The number of ether oxygens (including phenoxy) is 2. The number of nitrogens with one attached hydrogen (secondary N) is 1. The first-order valence-electron chi connectivity index (χ1n) is 5.94. The molecule has 2 aromatic rings. The molecule has 1 aliphatic heterocycles. The van der Waals surface area contributed by atoms with Gasteiger partial charge in [0.1, 0.15) is 11.6 Å². The Labute approximate surface area is 123 Å². The molecule has 1 aliphatic rings. The van der Waals surface area contributed by atoms with Crippen LogP contribution in [0.2, 0.25) is 0 Å². The lowest BCUT2D eigenvalue weighted by Gasteiger charge is -2.10. The number of benzene rings is 2. The summed E-state index contributed by atoms with van der Waals surface area (Å²) < 4.78 is 24.8. The minimum absolute atomic E-state index is 0.0827. The van der Waals surface area contributed by atoms with Gasteiger partial charge >= 0.3 is 0 Å². The van der Waals surface area contributed by atoms with E-state index < -0.39 is 0 Å². The van der Waals surface area contributed by atoms with Gasteiger partial charge in [0.2, 0.25) is 6.79 Å². The monoisotopic (exact) mass is 339 g/mol. The fourth-order valence-corrected chi connectivity index (χ4v) is 2.27. The average molecular weight is 340 g/mol. The van der Waals surface area contributed by atoms with Gasteiger partial charge in [-0.3, -0.25) is 0 Å². The molecule has 0 unspecified atom stereocenters. The molecule has 0 atom stereocenters. The van der Waals surface area contributed by atoms with E-state index >= 15 is 0 Å². The Bertz CT molecular complexity index is 663. The molecule has 0 spiro atoms. The smallest absolute Gasteiger partial charge is 0.231 e. The molecule has 1 heterocycles. The van der Waals surface area contributed by atoms with Gasteiger partial charge in [0.05, 0.1) is 5.69 Å². The highest BCUT2D eigenvalue weighted by Crippen LogP contribution is 2.37. The van der Waals surface area contributed by atoms with Crippen LogP contribution in [0.4, 0.5) is 10.1 Å². The van der Waals surface area contributed by atoms with Gasteiger partial charge in [-0.2, -0.15) is 0 Å². The van der Waals surface area contributed by atoms with Gasteiger partial charge in [-0.05, 0) is 24.3 Å². The van der Waals surface area contributed by atoms with Crippen molar-refractivity contribution in [1.29, 1.82) is 0 Å². The summed E-state index contributed by atoms with van der Waals surface area (Å²) in [6.07, 6.45) is 0. The molecule has 2 aromatic carbocycles. The van der Waals surface area contributed by atoms with Crippen molar-refractivity contribution in [2.24, 2.45) is 0 Å². The highest BCUT2D eigenvalue weighted by atomic mass is 79.9. The molecule has 0 radical (unpaired) electrons. The Kier molecular flexibility index (Phi) is 3.40. The summed E-state index contributed by atoms with van der Waals surface area (Å²) >= 11 is 3.20. The second kappa shape index (κ2) is 5.20. The standard InChI is InChI=1S/C14H11BrFNO3/c15-9-1-2-11(10(16)4-9)17-6-8-3-13-14(5-12(8)18)20-7-19-13/h1-5,17-18H,6-7H2. The van der Waals surface area contributed by atoms with Crippen LogP contribution in [-0.4, -0.2) is 11.9 Å². The van der Waals surface area contributed by atoms with Crippen LogP contribution in [0.15, 0.2) is 34.8 Å². The molecule has 4 nitrogen and oxygen atoms in total. The van der Waals surface area contributed by atoms with E-state index in [4.69, 9.17) is 9.47 Å². The van der Waals surface area contributed by atoms with Crippen LogP contribution in [-0.2, 0) is 6.54 Å². The van der Waals surface area contributed by atoms with Crippen molar-refractivity contribution in [1.82, 2.24) is 0 Å². The number of aromatic hydroxyl groups is 1. The van der Waals surface area contributed by atoms with Gasteiger partial charge in [0, 0.05) is 22.6 Å². The minimum Gasteiger partial charge on any atom is -0.507 e. The molecule has 20 heavy (non-hydrogen) atoms. The zero-order chi connectivity index (χ0) is 14.1. The minimum atomic E-state index is -0.361. The second-order valence-corrected chi connectivity index (χ2v) is 5.23. The number of fused-ring (bicyclic) bond motifs is 1. The van der Waals surface area contributed by atoms with Crippen molar-refractivity contribution in [3.8, 4) is 17.2 Å². The third kappa shape index (κ3) is 2.51. The molecule has 0 bridgehead atoms. The molecular weight excluding hydrogens is 329 g/mol. The van der Waals surface area contributed by atoms with Crippen molar-refractivity contribution in [2.45, 2.75) is 6.54 Å². The number of halogens is 2. The number of rotatable bonds is 3. The van der Waals surface area contributed by atoms with Crippen molar-refractivity contribution >= 4 is 21.6 Å². The SMILES string of the molecule is Oc1cc2c(cc1CNc1ccc(Br)cc1F)OCO2. The Morgan fingerprint density at radius 2 is 1.95 bits per heavy atom. The first-order valence-corrected chi connectivity index (χ1v) is 6.73. The summed E-state index contributed by atoms with van der Waals surface area (Å²) in [7, 11) is 0. The molecule has 3 rings (SSSR count). The van der Waals surface area contributed by atoms with E-state index in [2.05, 4.69) is 21.2 Å². The van der Waals surface area contributed by atoms with Crippen LogP contribution in [0, 0.1) is 5.82 Å². The van der Waals surface area contributed by atoms with E-state index in [1.165, 1.54) is 12.1 Å². The molecule has 0 fully saturated rings. The van der Waals surface area contributed by atoms with Crippen LogP contribution >= 0.6 is 15.9 Å². The molecule has 0 aliphatic carbocycles. The lowest BCUT2D eigenvalue weighted by molar-refractivity contribution is 0.174. The normalized spacial score (nSPS) is 12.5. The van der Waals surface area contributed by atoms with Crippen molar-refractivity contribution in [2.75, 3.05) is 12.1 Å². The first-order chi connectivity index (χ1) is 9.63. The van der Waals surface area contributed by atoms with Gasteiger partial charge in [0.15, 0.2) is 11.5 Å². The lowest BCUT2D eigenvalue weighted by Crippen LogP contribution is -2.01. The summed E-state index contributed by atoms with van der Waals surface area (Å²) in [6, 6.07) is 7.93. The van der Waals surface area contributed by atoms with Crippen LogP contribution in [0.1, 0.15) is 5.56 Å². The number of phenolic OH excluding ortho intramolecular Hbond substituents is 1. The number of hydrogen-bond donors (Lipinski definition) is 2. The Balaban J connectivity index is 1.78. The third-order valence-corrected chi connectivity index (χ3v) is 3.47. The van der Waals surface area contributed by atoms with E-state index in [9.17, 15) is 9.50 Å². The predicted octanol–water partition coefficient (Wildman–Crippen LogP) is 3.63. The Morgan fingerprint density at radius 1 is 1.20 bits per heavy atom. The topological polar surface area (TPSA) is 50.7 Å². The van der Waals surface area contributed by atoms with Gasteiger partial charge in [-0.25, -0.2) is 4.39 Å². The molecule has 0 saturated heterocycles. The summed E-state index contributed by atoms with van der Waals surface area (Å²) in [6.45, 7) is 0.425. The van der Waals surface area contributed by atoms with E-state index in [-0.39, 0.29) is 24.9 Å². The zero-order valence-corrected chi connectivity index (χ0v) is 11.9. The number of hydrogen-bond acceptors (Lipinski definition) is 4. The van der Waals surface area contributed by atoms with Crippen LogP contribution in [0.25, 0.3) is 0 Å². The molecule has 0 saturated carbocycles. The second-order valence-electron chi connectivity index (χ2n) is 4.31. The van der Waals surface area contributed by atoms with Crippen molar-refractivity contribution in [3.63, 3.8) is 0 Å². The molecule has 0 aromatic heterocycles. The van der Waals surface area contributed by atoms with E-state index in [1.807, 2.05) is 0 Å². The van der Waals surface area contributed by atoms with Gasteiger partial charge in [0.25, 0.3) is 0 Å². The first kappa shape index (κ1) is 13.1. The quantitative estimate of drug-likeness (QED) is 0.896. The van der Waals surface area contributed by atoms with Crippen LogP contribution in [0.3, 0.4) is 0 Å².